The van der Waals surface area contributed by atoms with Crippen molar-refractivity contribution in [3.05, 3.63) is 28.8 Å². The van der Waals surface area contributed by atoms with Crippen molar-refractivity contribution >= 4 is 0 Å². The lowest BCUT2D eigenvalue weighted by atomic mass is 10.00. The largest absolute Gasteiger partial charge is 0.493 e. The van der Waals surface area contributed by atoms with Gasteiger partial charge in [0.05, 0.1) is 13.2 Å². The lowest BCUT2D eigenvalue weighted by molar-refractivity contribution is 0.150. The molecule has 18 heavy (non-hydrogen) atoms. The summed E-state index contributed by atoms with van der Waals surface area (Å²) in [6, 6.07) is 4.26. The van der Waals surface area contributed by atoms with E-state index in [4.69, 9.17) is 4.74 Å². The maximum Gasteiger partial charge on any atom is 0.125 e. The summed E-state index contributed by atoms with van der Waals surface area (Å²) in [7, 11) is 1.86. The van der Waals surface area contributed by atoms with E-state index in [1.54, 1.807) is 0 Å². The molecule has 0 fully saturated rings. The van der Waals surface area contributed by atoms with Gasteiger partial charge in [-0.05, 0) is 45.9 Å². The molecule has 1 aromatic carbocycles. The zero-order valence-electron chi connectivity index (χ0n) is 12.1. The molecule has 3 nitrogen and oxygen atoms in total. The van der Waals surface area contributed by atoms with Crippen LogP contribution in [0.15, 0.2) is 12.1 Å². The minimum absolute atomic E-state index is 0.110. The Labute approximate surface area is 110 Å². The highest BCUT2D eigenvalue weighted by Gasteiger charge is 2.20. The lowest BCUT2D eigenvalue weighted by Gasteiger charge is -2.27. The van der Waals surface area contributed by atoms with E-state index in [1.807, 2.05) is 14.0 Å². The molecule has 0 saturated carbocycles. The normalized spacial score (nSPS) is 14.3. The quantitative estimate of drug-likeness (QED) is 0.815. The van der Waals surface area contributed by atoms with Gasteiger partial charge in [-0.25, -0.2) is 0 Å². The van der Waals surface area contributed by atoms with Crippen molar-refractivity contribution in [2.45, 2.75) is 39.7 Å². The number of benzene rings is 1. The average Bonchev–Trinajstić information content (AvgIpc) is 2.32. The van der Waals surface area contributed by atoms with Gasteiger partial charge in [-0.15, -0.1) is 0 Å². The van der Waals surface area contributed by atoms with Crippen LogP contribution >= 0.6 is 0 Å². The molecule has 102 valence electrons. The van der Waals surface area contributed by atoms with Crippen LogP contribution in [0.1, 0.15) is 30.0 Å². The molecule has 0 aliphatic rings. The van der Waals surface area contributed by atoms with Crippen LogP contribution in [0.25, 0.3) is 0 Å². The molecule has 2 N–H and O–H groups in total. The van der Waals surface area contributed by atoms with Crippen molar-refractivity contribution in [2.75, 3.05) is 20.3 Å². The fraction of sp³-hybridized carbons (Fsp3) is 0.600. The van der Waals surface area contributed by atoms with Crippen LogP contribution in [0.5, 0.6) is 5.75 Å². The van der Waals surface area contributed by atoms with Crippen molar-refractivity contribution in [1.82, 2.24) is 5.32 Å². The number of hydrogen-bond acceptors (Lipinski definition) is 3. The van der Waals surface area contributed by atoms with Crippen molar-refractivity contribution in [2.24, 2.45) is 0 Å². The van der Waals surface area contributed by atoms with E-state index in [0.717, 1.165) is 12.2 Å². The van der Waals surface area contributed by atoms with Crippen LogP contribution in [0.4, 0.5) is 0 Å². The van der Waals surface area contributed by atoms with Gasteiger partial charge in [-0.1, -0.05) is 17.7 Å². The summed E-state index contributed by atoms with van der Waals surface area (Å²) < 4.78 is 5.87. The van der Waals surface area contributed by atoms with E-state index in [1.165, 1.54) is 16.7 Å². The van der Waals surface area contributed by atoms with E-state index in [9.17, 15) is 5.11 Å². The Bertz CT molecular complexity index is 374. The molecule has 1 aromatic rings. The molecule has 0 aromatic heterocycles. The molecule has 0 aliphatic heterocycles. The summed E-state index contributed by atoms with van der Waals surface area (Å²) in [5.41, 5.74) is 3.32. The maximum atomic E-state index is 9.31. The van der Waals surface area contributed by atoms with Crippen LogP contribution in [0, 0.1) is 20.8 Å². The van der Waals surface area contributed by atoms with Crippen molar-refractivity contribution < 1.29 is 9.84 Å². The standard InChI is InChI=1S/C15H25NO2/c1-11-8-12(2)14(13(3)9-11)18-7-6-15(4,10-17)16-5/h8-9,16-17H,6-7,10H2,1-5H3. The third-order valence-corrected chi connectivity index (χ3v) is 3.46. The Kier molecular flexibility index (Phi) is 5.17. The molecule has 0 aliphatic carbocycles. The minimum atomic E-state index is -0.271. The summed E-state index contributed by atoms with van der Waals surface area (Å²) in [5, 5.41) is 12.4. The van der Waals surface area contributed by atoms with Gasteiger partial charge < -0.3 is 15.2 Å². The van der Waals surface area contributed by atoms with E-state index in [-0.39, 0.29) is 12.1 Å². The number of nitrogens with one attached hydrogen (secondary N) is 1. The first-order chi connectivity index (χ1) is 8.41. The molecule has 0 amide bonds. The maximum absolute atomic E-state index is 9.31. The number of rotatable bonds is 6. The number of hydrogen-bond donors (Lipinski definition) is 2. The van der Waals surface area contributed by atoms with Gasteiger partial charge in [0.15, 0.2) is 0 Å². The molecule has 3 heteroatoms. The second-order valence-electron chi connectivity index (χ2n) is 5.30. The smallest absolute Gasteiger partial charge is 0.125 e. The predicted octanol–water partition coefficient (Wildman–Crippen LogP) is 2.35. The molecule has 0 bridgehead atoms. The van der Waals surface area contributed by atoms with Crippen molar-refractivity contribution in [3.63, 3.8) is 0 Å². The fourth-order valence-corrected chi connectivity index (χ4v) is 2.06. The summed E-state index contributed by atoms with van der Waals surface area (Å²) in [6.07, 6.45) is 0.771. The van der Waals surface area contributed by atoms with Crippen LogP contribution in [0.3, 0.4) is 0 Å². The Morgan fingerprint density at radius 2 is 1.78 bits per heavy atom. The topological polar surface area (TPSA) is 41.5 Å². The van der Waals surface area contributed by atoms with Crippen molar-refractivity contribution in [3.8, 4) is 5.75 Å². The number of aliphatic hydroxyl groups is 1. The zero-order valence-corrected chi connectivity index (χ0v) is 12.1. The molecule has 1 unspecified atom stereocenters. The Balaban J connectivity index is 2.65. The van der Waals surface area contributed by atoms with Gasteiger partial charge >= 0.3 is 0 Å². The monoisotopic (exact) mass is 251 g/mol. The number of aryl methyl sites for hydroxylation is 3. The number of likely N-dealkylation sites (N-methyl/N-ethyl adjacent to an activating group) is 1. The molecule has 0 radical (unpaired) electrons. The third-order valence-electron chi connectivity index (χ3n) is 3.46. The molecule has 1 rings (SSSR count). The van der Waals surface area contributed by atoms with Gasteiger partial charge in [-0.2, -0.15) is 0 Å². The number of ether oxygens (including phenoxy) is 1. The third kappa shape index (κ3) is 3.72. The molecular formula is C15H25NO2. The summed E-state index contributed by atoms with van der Waals surface area (Å²) >= 11 is 0. The van der Waals surface area contributed by atoms with Crippen molar-refractivity contribution in [1.29, 1.82) is 0 Å². The predicted molar refractivity (Wildman–Crippen MR) is 75.3 cm³/mol. The van der Waals surface area contributed by atoms with E-state index >= 15 is 0 Å². The Hall–Kier alpha value is -1.06. The van der Waals surface area contributed by atoms with E-state index in [2.05, 4.69) is 38.2 Å². The van der Waals surface area contributed by atoms with Crippen LogP contribution < -0.4 is 10.1 Å². The molecule has 0 heterocycles. The lowest BCUT2D eigenvalue weighted by Crippen LogP contribution is -2.44. The van der Waals surface area contributed by atoms with Gasteiger partial charge in [0.2, 0.25) is 0 Å². The first-order valence-electron chi connectivity index (χ1n) is 6.42. The Morgan fingerprint density at radius 1 is 1.22 bits per heavy atom. The second kappa shape index (κ2) is 6.21. The first-order valence-corrected chi connectivity index (χ1v) is 6.42. The van der Waals surface area contributed by atoms with Gasteiger partial charge in [-0.3, -0.25) is 0 Å². The molecular weight excluding hydrogens is 226 g/mol. The summed E-state index contributed by atoms with van der Waals surface area (Å²) in [5.74, 6) is 0.969. The molecule has 0 saturated heterocycles. The summed E-state index contributed by atoms with van der Waals surface area (Å²) in [4.78, 5) is 0. The zero-order chi connectivity index (χ0) is 13.8. The van der Waals surface area contributed by atoms with Gasteiger partial charge in [0.1, 0.15) is 5.75 Å². The first kappa shape index (κ1) is 15.0. The fourth-order valence-electron chi connectivity index (χ4n) is 2.06. The highest BCUT2D eigenvalue weighted by molar-refractivity contribution is 5.42. The van der Waals surface area contributed by atoms with E-state index in [0.29, 0.717) is 6.61 Å². The summed E-state index contributed by atoms with van der Waals surface area (Å²) in [6.45, 7) is 8.93. The van der Waals surface area contributed by atoms with Crippen LogP contribution in [0.2, 0.25) is 0 Å². The Morgan fingerprint density at radius 3 is 2.22 bits per heavy atom. The van der Waals surface area contributed by atoms with Crippen LogP contribution in [-0.2, 0) is 0 Å². The van der Waals surface area contributed by atoms with Gasteiger partial charge in [0.25, 0.3) is 0 Å². The molecule has 0 spiro atoms. The SMILES string of the molecule is CNC(C)(CO)CCOc1c(C)cc(C)cc1C. The van der Waals surface area contributed by atoms with E-state index < -0.39 is 0 Å². The second-order valence-corrected chi connectivity index (χ2v) is 5.30. The van der Waals surface area contributed by atoms with Crippen LogP contribution in [-0.4, -0.2) is 30.9 Å². The minimum Gasteiger partial charge on any atom is -0.493 e. The average molecular weight is 251 g/mol. The van der Waals surface area contributed by atoms with Gasteiger partial charge in [0, 0.05) is 12.0 Å². The molecule has 1 atom stereocenters. The number of aliphatic hydroxyl groups excluding tert-OH is 1. The highest BCUT2D eigenvalue weighted by atomic mass is 16.5. The highest BCUT2D eigenvalue weighted by Crippen LogP contribution is 2.25.